The predicted octanol–water partition coefficient (Wildman–Crippen LogP) is 1.96. The number of aromatic nitrogens is 1. The van der Waals surface area contributed by atoms with Crippen molar-refractivity contribution in [3.8, 4) is 0 Å². The van der Waals surface area contributed by atoms with E-state index in [-0.39, 0.29) is 0 Å². The van der Waals surface area contributed by atoms with E-state index in [9.17, 15) is 0 Å². The molecule has 2 rings (SSSR count). The molecule has 0 bridgehead atoms. The Kier molecular flexibility index (Phi) is 3.99. The third-order valence-corrected chi connectivity index (χ3v) is 2.96. The first kappa shape index (κ1) is 11.2. The average Bonchev–Trinajstić information content (AvgIpc) is 2.38. The summed E-state index contributed by atoms with van der Waals surface area (Å²) in [7, 11) is 1.90. The Morgan fingerprint density at radius 2 is 2.06 bits per heavy atom. The monoisotopic (exact) mass is 221 g/mol. The van der Waals surface area contributed by atoms with E-state index in [1.807, 2.05) is 19.4 Å². The lowest BCUT2D eigenvalue weighted by Gasteiger charge is -2.22. The van der Waals surface area contributed by atoms with E-state index in [0.717, 1.165) is 49.9 Å². The molecule has 0 radical (unpaired) electrons. The maximum Gasteiger partial charge on any atom is 0.0547 e. The minimum absolute atomic E-state index is 0.729. The van der Waals surface area contributed by atoms with Crippen molar-refractivity contribution < 1.29 is 4.74 Å². The Morgan fingerprint density at radius 3 is 2.81 bits per heavy atom. The van der Waals surface area contributed by atoms with Crippen LogP contribution in [0.3, 0.4) is 0 Å². The third kappa shape index (κ3) is 3.10. The van der Waals surface area contributed by atoms with Crippen molar-refractivity contribution in [2.75, 3.05) is 37.4 Å². The molecule has 4 heteroatoms. The van der Waals surface area contributed by atoms with Crippen molar-refractivity contribution in [1.82, 2.24) is 4.98 Å². The molecule has 0 aliphatic carbocycles. The molecule has 0 atom stereocenters. The molecule has 2 heterocycles. The number of ether oxygens (including phenoxy) is 1. The lowest BCUT2D eigenvalue weighted by Crippen LogP contribution is -2.22. The topological polar surface area (TPSA) is 46.2 Å². The molecule has 0 aromatic carbocycles. The van der Waals surface area contributed by atoms with Crippen molar-refractivity contribution >= 4 is 11.4 Å². The van der Waals surface area contributed by atoms with Gasteiger partial charge in [-0.05, 0) is 24.8 Å². The summed E-state index contributed by atoms with van der Waals surface area (Å²) in [6.07, 6.45) is 6.00. The van der Waals surface area contributed by atoms with Gasteiger partial charge >= 0.3 is 0 Å². The lowest BCUT2D eigenvalue weighted by atomic mass is 10.0. The van der Waals surface area contributed by atoms with Gasteiger partial charge in [0.1, 0.15) is 0 Å². The van der Waals surface area contributed by atoms with Crippen LogP contribution in [0.25, 0.3) is 0 Å². The van der Waals surface area contributed by atoms with Crippen LogP contribution in [-0.2, 0) is 4.74 Å². The fraction of sp³-hybridized carbons (Fsp3) is 0.583. The molecule has 1 aromatic heterocycles. The maximum absolute atomic E-state index is 5.34. The fourth-order valence-electron chi connectivity index (χ4n) is 1.89. The van der Waals surface area contributed by atoms with E-state index in [0.29, 0.717) is 0 Å². The summed E-state index contributed by atoms with van der Waals surface area (Å²) in [5, 5.41) is 6.51. The molecule has 1 aromatic rings. The van der Waals surface area contributed by atoms with E-state index in [1.54, 1.807) is 0 Å². The van der Waals surface area contributed by atoms with Gasteiger partial charge in [0.05, 0.1) is 23.8 Å². The van der Waals surface area contributed by atoms with Crippen molar-refractivity contribution in [2.24, 2.45) is 5.92 Å². The minimum Gasteiger partial charge on any atom is -0.387 e. The van der Waals surface area contributed by atoms with Crippen LogP contribution in [0.5, 0.6) is 0 Å². The van der Waals surface area contributed by atoms with E-state index < -0.39 is 0 Å². The normalized spacial score (nSPS) is 17.1. The molecule has 1 aliphatic rings. The van der Waals surface area contributed by atoms with Crippen molar-refractivity contribution in [2.45, 2.75) is 12.8 Å². The summed E-state index contributed by atoms with van der Waals surface area (Å²) in [4.78, 5) is 4.17. The zero-order chi connectivity index (χ0) is 11.2. The molecule has 1 aliphatic heterocycles. The second kappa shape index (κ2) is 5.70. The standard InChI is InChI=1S/C12H19N3O/c1-13-11-6-12(9-14-8-11)15-7-10-2-4-16-5-3-10/h6,8-10,13,15H,2-5,7H2,1H3. The van der Waals surface area contributed by atoms with E-state index >= 15 is 0 Å². The SMILES string of the molecule is CNc1cncc(NCC2CCOCC2)c1. The van der Waals surface area contributed by atoms with Crippen LogP contribution in [0.15, 0.2) is 18.5 Å². The van der Waals surface area contributed by atoms with Gasteiger partial charge in [-0.3, -0.25) is 4.98 Å². The van der Waals surface area contributed by atoms with Gasteiger partial charge in [0.2, 0.25) is 0 Å². The highest BCUT2D eigenvalue weighted by Gasteiger charge is 2.13. The van der Waals surface area contributed by atoms with Gasteiger partial charge in [-0.1, -0.05) is 0 Å². The Hall–Kier alpha value is -1.29. The maximum atomic E-state index is 5.34. The molecule has 16 heavy (non-hydrogen) atoms. The molecule has 0 spiro atoms. The van der Waals surface area contributed by atoms with Crippen LogP contribution in [0.4, 0.5) is 11.4 Å². The number of pyridine rings is 1. The van der Waals surface area contributed by atoms with Crippen LogP contribution in [-0.4, -0.2) is 31.8 Å². The van der Waals surface area contributed by atoms with E-state index in [2.05, 4.69) is 21.7 Å². The number of nitrogens with one attached hydrogen (secondary N) is 2. The molecule has 88 valence electrons. The molecule has 0 unspecified atom stereocenters. The molecular weight excluding hydrogens is 202 g/mol. The molecule has 1 fully saturated rings. The van der Waals surface area contributed by atoms with Crippen LogP contribution in [0, 0.1) is 5.92 Å². The Morgan fingerprint density at radius 1 is 1.31 bits per heavy atom. The molecule has 1 saturated heterocycles. The Balaban J connectivity index is 1.83. The van der Waals surface area contributed by atoms with Crippen molar-refractivity contribution in [3.63, 3.8) is 0 Å². The van der Waals surface area contributed by atoms with Crippen molar-refractivity contribution in [1.29, 1.82) is 0 Å². The number of nitrogens with zero attached hydrogens (tertiary/aromatic N) is 1. The minimum atomic E-state index is 0.729. The van der Waals surface area contributed by atoms with Gasteiger partial charge in [0.15, 0.2) is 0 Å². The predicted molar refractivity (Wildman–Crippen MR) is 65.8 cm³/mol. The first-order valence-electron chi connectivity index (χ1n) is 5.83. The van der Waals surface area contributed by atoms with Gasteiger partial charge in [-0.25, -0.2) is 0 Å². The van der Waals surface area contributed by atoms with Crippen LogP contribution in [0.1, 0.15) is 12.8 Å². The lowest BCUT2D eigenvalue weighted by molar-refractivity contribution is 0.0699. The Labute approximate surface area is 96.4 Å². The van der Waals surface area contributed by atoms with Crippen molar-refractivity contribution in [3.05, 3.63) is 18.5 Å². The second-order valence-electron chi connectivity index (χ2n) is 4.15. The molecule has 4 nitrogen and oxygen atoms in total. The first-order chi connectivity index (χ1) is 7.88. The smallest absolute Gasteiger partial charge is 0.0547 e. The summed E-state index contributed by atoms with van der Waals surface area (Å²) >= 11 is 0. The molecular formula is C12H19N3O. The summed E-state index contributed by atoms with van der Waals surface area (Å²) in [6, 6.07) is 2.08. The molecule has 0 saturated carbocycles. The number of hydrogen-bond acceptors (Lipinski definition) is 4. The van der Waals surface area contributed by atoms with Gasteiger partial charge in [0.25, 0.3) is 0 Å². The van der Waals surface area contributed by atoms with Gasteiger partial charge in [0, 0.05) is 26.8 Å². The zero-order valence-electron chi connectivity index (χ0n) is 9.70. The second-order valence-corrected chi connectivity index (χ2v) is 4.15. The van der Waals surface area contributed by atoms with Crippen LogP contribution >= 0.6 is 0 Å². The molecule has 0 amide bonds. The van der Waals surface area contributed by atoms with Gasteiger partial charge in [-0.2, -0.15) is 0 Å². The molecule has 2 N–H and O–H groups in total. The highest BCUT2D eigenvalue weighted by molar-refractivity contribution is 5.53. The zero-order valence-corrected chi connectivity index (χ0v) is 9.70. The highest BCUT2D eigenvalue weighted by Crippen LogP contribution is 2.17. The average molecular weight is 221 g/mol. The summed E-state index contributed by atoms with van der Waals surface area (Å²) in [5.74, 6) is 0.729. The van der Waals surface area contributed by atoms with Gasteiger partial charge < -0.3 is 15.4 Å². The number of anilines is 2. The van der Waals surface area contributed by atoms with E-state index in [1.165, 1.54) is 0 Å². The Bertz CT molecular complexity index is 324. The summed E-state index contributed by atoms with van der Waals surface area (Å²) in [6.45, 7) is 2.82. The largest absolute Gasteiger partial charge is 0.387 e. The third-order valence-electron chi connectivity index (χ3n) is 2.96. The number of hydrogen-bond donors (Lipinski definition) is 2. The summed E-state index contributed by atoms with van der Waals surface area (Å²) in [5.41, 5.74) is 2.12. The quantitative estimate of drug-likeness (QED) is 0.816. The van der Waals surface area contributed by atoms with E-state index in [4.69, 9.17) is 4.74 Å². The van der Waals surface area contributed by atoms with Gasteiger partial charge in [-0.15, -0.1) is 0 Å². The summed E-state index contributed by atoms with van der Waals surface area (Å²) < 4.78 is 5.34. The fourth-order valence-corrected chi connectivity index (χ4v) is 1.89. The highest BCUT2D eigenvalue weighted by atomic mass is 16.5. The number of rotatable bonds is 4. The van der Waals surface area contributed by atoms with Crippen LogP contribution < -0.4 is 10.6 Å². The van der Waals surface area contributed by atoms with Crippen LogP contribution in [0.2, 0.25) is 0 Å². The first-order valence-corrected chi connectivity index (χ1v) is 5.83.